The van der Waals surface area contributed by atoms with Crippen LogP contribution in [0.4, 0.5) is 0 Å². The molecule has 0 radical (unpaired) electrons. The summed E-state index contributed by atoms with van der Waals surface area (Å²) in [5.41, 5.74) is 1.06. The van der Waals surface area contributed by atoms with Crippen LogP contribution >= 0.6 is 0 Å². The second-order valence-corrected chi connectivity index (χ2v) is 8.87. The molecule has 1 saturated heterocycles. The summed E-state index contributed by atoms with van der Waals surface area (Å²) in [6.45, 7) is 5.10. The second kappa shape index (κ2) is 8.32. The van der Waals surface area contributed by atoms with Crippen molar-refractivity contribution in [2.45, 2.75) is 25.3 Å². The summed E-state index contributed by atoms with van der Waals surface area (Å²) >= 11 is 0. The molecule has 3 rings (SSSR count). The maximum atomic E-state index is 12.8. The number of hydrogen-bond acceptors (Lipinski definition) is 5. The highest BCUT2D eigenvalue weighted by Crippen LogP contribution is 2.17. The van der Waals surface area contributed by atoms with Crippen molar-refractivity contribution in [3.8, 4) is 5.75 Å². The third kappa shape index (κ3) is 4.53. The molecule has 1 fully saturated rings. The van der Waals surface area contributed by atoms with Crippen LogP contribution in [0.25, 0.3) is 0 Å². The number of amides is 1. The first-order valence-corrected chi connectivity index (χ1v) is 10.7. The Morgan fingerprint density at radius 2 is 1.96 bits per heavy atom. The summed E-state index contributed by atoms with van der Waals surface area (Å²) in [5, 5.41) is 0.0510. The van der Waals surface area contributed by atoms with Crippen LogP contribution in [0.1, 0.15) is 17.8 Å². The lowest BCUT2D eigenvalue weighted by atomic mass is 10.2. The number of nitrogens with zero attached hydrogens (tertiary/aromatic N) is 4. The zero-order valence-corrected chi connectivity index (χ0v) is 17.3. The molecule has 28 heavy (non-hydrogen) atoms. The minimum atomic E-state index is -3.66. The highest BCUT2D eigenvalue weighted by Gasteiger charge is 2.30. The summed E-state index contributed by atoms with van der Waals surface area (Å²) < 4.78 is 34.4. The van der Waals surface area contributed by atoms with Crippen LogP contribution < -0.4 is 4.74 Å². The van der Waals surface area contributed by atoms with Crippen molar-refractivity contribution in [1.29, 1.82) is 0 Å². The molecule has 9 heteroatoms. The van der Waals surface area contributed by atoms with Crippen LogP contribution in [0.15, 0.2) is 35.5 Å². The van der Waals surface area contributed by atoms with Gasteiger partial charge in [-0.2, -0.15) is 4.31 Å². The summed E-state index contributed by atoms with van der Waals surface area (Å²) in [5.74, 6) is 1.14. The quantitative estimate of drug-likeness (QED) is 0.748. The molecule has 8 nitrogen and oxygen atoms in total. The molecule has 2 heterocycles. The number of carbonyl (C=O) groups is 1. The molecule has 2 aromatic rings. The van der Waals surface area contributed by atoms with Gasteiger partial charge in [0.2, 0.25) is 0 Å². The zero-order valence-electron chi connectivity index (χ0n) is 16.5. The number of hydrogen-bond donors (Lipinski definition) is 0. The molecule has 0 bridgehead atoms. The van der Waals surface area contributed by atoms with Crippen LogP contribution in [0.5, 0.6) is 5.75 Å². The van der Waals surface area contributed by atoms with Crippen molar-refractivity contribution in [3.63, 3.8) is 0 Å². The average molecular weight is 407 g/mol. The van der Waals surface area contributed by atoms with Gasteiger partial charge >= 0.3 is 0 Å². The normalized spacial score (nSPS) is 16.0. The molecule has 152 valence electrons. The van der Waals surface area contributed by atoms with E-state index >= 15 is 0 Å². The minimum Gasteiger partial charge on any atom is -0.484 e. The van der Waals surface area contributed by atoms with Crippen molar-refractivity contribution in [3.05, 3.63) is 41.9 Å². The monoisotopic (exact) mass is 406 g/mol. The fourth-order valence-corrected chi connectivity index (χ4v) is 4.60. The van der Waals surface area contributed by atoms with E-state index in [1.165, 1.54) is 10.5 Å². The Morgan fingerprint density at radius 3 is 2.64 bits per heavy atom. The standard InChI is InChI=1S/C19H26N4O4S/c1-15-6-4-7-17(12-15)27-14-19(24)22-8-5-9-23(11-10-22)28(25,26)18-13-21(3)16(2)20-18/h4,6-7,12-13H,5,8-11,14H2,1-3H3. The van der Waals surface area contributed by atoms with Gasteiger partial charge in [0.05, 0.1) is 0 Å². The topological polar surface area (TPSA) is 84.7 Å². The molecular formula is C19H26N4O4S. The fourth-order valence-electron chi connectivity index (χ4n) is 3.11. The van der Waals surface area contributed by atoms with Crippen LogP contribution in [0.3, 0.4) is 0 Å². The first-order chi connectivity index (χ1) is 13.3. The predicted molar refractivity (Wildman–Crippen MR) is 105 cm³/mol. The minimum absolute atomic E-state index is 0.0510. The number of ether oxygens (including phenoxy) is 1. The Morgan fingerprint density at radius 1 is 1.18 bits per heavy atom. The zero-order chi connectivity index (χ0) is 20.3. The molecule has 0 aliphatic carbocycles. The number of carbonyl (C=O) groups excluding carboxylic acids is 1. The largest absolute Gasteiger partial charge is 0.484 e. The smallest absolute Gasteiger partial charge is 0.262 e. The van der Waals surface area contributed by atoms with E-state index in [0.29, 0.717) is 37.6 Å². The number of aryl methyl sites for hydroxylation is 3. The van der Waals surface area contributed by atoms with Gasteiger partial charge in [0.25, 0.3) is 15.9 Å². The number of rotatable bonds is 5. The average Bonchev–Trinajstić information content (AvgIpc) is 2.86. The molecule has 0 N–H and O–H groups in total. The van der Waals surface area contributed by atoms with Crippen molar-refractivity contribution < 1.29 is 17.9 Å². The van der Waals surface area contributed by atoms with Gasteiger partial charge in [-0.1, -0.05) is 12.1 Å². The molecule has 1 aliphatic heterocycles. The molecule has 0 spiro atoms. The van der Waals surface area contributed by atoms with E-state index in [-0.39, 0.29) is 24.1 Å². The van der Waals surface area contributed by atoms with Crippen molar-refractivity contribution >= 4 is 15.9 Å². The van der Waals surface area contributed by atoms with Crippen LogP contribution in [-0.4, -0.2) is 65.9 Å². The molecule has 0 unspecified atom stereocenters. The fraction of sp³-hybridized carbons (Fsp3) is 0.474. The molecule has 0 atom stereocenters. The highest BCUT2D eigenvalue weighted by molar-refractivity contribution is 7.89. The summed E-state index contributed by atoms with van der Waals surface area (Å²) in [6.07, 6.45) is 2.09. The first-order valence-electron chi connectivity index (χ1n) is 9.25. The van der Waals surface area contributed by atoms with E-state index in [2.05, 4.69) is 4.98 Å². The van der Waals surface area contributed by atoms with Gasteiger partial charge in [-0.25, -0.2) is 13.4 Å². The molecular weight excluding hydrogens is 380 g/mol. The third-order valence-corrected chi connectivity index (χ3v) is 6.62. The summed E-state index contributed by atoms with van der Waals surface area (Å²) in [6, 6.07) is 7.52. The van der Waals surface area contributed by atoms with E-state index in [9.17, 15) is 13.2 Å². The lowest BCUT2D eigenvalue weighted by molar-refractivity contribution is -0.133. The summed E-state index contributed by atoms with van der Waals surface area (Å²) in [4.78, 5) is 18.3. The second-order valence-electron chi connectivity index (χ2n) is 6.98. The van der Waals surface area contributed by atoms with Gasteiger partial charge in [-0.05, 0) is 38.0 Å². The number of imidazole rings is 1. The summed E-state index contributed by atoms with van der Waals surface area (Å²) in [7, 11) is -1.90. The molecule has 0 saturated carbocycles. The van der Waals surface area contributed by atoms with Gasteiger partial charge in [0.15, 0.2) is 11.6 Å². The lowest BCUT2D eigenvalue weighted by Gasteiger charge is -2.21. The van der Waals surface area contributed by atoms with Crippen molar-refractivity contribution in [2.75, 3.05) is 32.8 Å². The Hall–Kier alpha value is -2.39. The molecule has 1 aromatic heterocycles. The Balaban J connectivity index is 1.60. The third-order valence-electron chi connectivity index (χ3n) is 4.85. The number of sulfonamides is 1. The molecule has 1 aliphatic rings. The number of aromatic nitrogens is 2. The van der Waals surface area contributed by atoms with Gasteiger partial charge in [0, 0.05) is 39.4 Å². The van der Waals surface area contributed by atoms with Gasteiger partial charge in [0.1, 0.15) is 11.6 Å². The van der Waals surface area contributed by atoms with E-state index in [1.54, 1.807) is 23.4 Å². The molecule has 1 aromatic carbocycles. The van der Waals surface area contributed by atoms with Crippen LogP contribution in [0, 0.1) is 13.8 Å². The Bertz CT molecular complexity index is 935. The van der Waals surface area contributed by atoms with Crippen LogP contribution in [0.2, 0.25) is 0 Å². The Kier molecular flexibility index (Phi) is 6.04. The van der Waals surface area contributed by atoms with E-state index in [1.807, 2.05) is 31.2 Å². The van der Waals surface area contributed by atoms with Crippen molar-refractivity contribution in [1.82, 2.24) is 18.8 Å². The van der Waals surface area contributed by atoms with E-state index in [4.69, 9.17) is 4.74 Å². The van der Waals surface area contributed by atoms with Crippen LogP contribution in [-0.2, 0) is 21.9 Å². The first kappa shape index (κ1) is 20.3. The highest BCUT2D eigenvalue weighted by atomic mass is 32.2. The van der Waals surface area contributed by atoms with Gasteiger partial charge < -0.3 is 14.2 Å². The maximum Gasteiger partial charge on any atom is 0.262 e. The number of benzene rings is 1. The maximum absolute atomic E-state index is 12.8. The lowest BCUT2D eigenvalue weighted by Crippen LogP contribution is -2.39. The Labute approximate surface area is 165 Å². The SMILES string of the molecule is Cc1cccc(OCC(=O)N2CCCN(S(=O)(=O)c3cn(C)c(C)n3)CC2)c1. The van der Waals surface area contributed by atoms with Gasteiger partial charge in [-0.3, -0.25) is 4.79 Å². The van der Waals surface area contributed by atoms with E-state index < -0.39 is 10.0 Å². The predicted octanol–water partition coefficient (Wildman–Crippen LogP) is 1.34. The van der Waals surface area contributed by atoms with Gasteiger partial charge in [-0.15, -0.1) is 0 Å². The van der Waals surface area contributed by atoms with Crippen molar-refractivity contribution in [2.24, 2.45) is 7.05 Å². The molecule has 1 amide bonds. The van der Waals surface area contributed by atoms with E-state index in [0.717, 1.165) is 5.56 Å².